The highest BCUT2D eigenvalue weighted by Gasteiger charge is 2.34. The molecule has 152 valence electrons. The number of ether oxygens (including phenoxy) is 1. The van der Waals surface area contributed by atoms with Gasteiger partial charge in [-0.15, -0.1) is 0 Å². The van der Waals surface area contributed by atoms with Gasteiger partial charge in [-0.05, 0) is 50.3 Å². The minimum Gasteiger partial charge on any atom is -0.369 e. The third-order valence-electron chi connectivity index (χ3n) is 6.41. The van der Waals surface area contributed by atoms with Crippen LogP contribution in [0.25, 0.3) is 11.0 Å². The van der Waals surface area contributed by atoms with Gasteiger partial charge in [0.15, 0.2) is 5.69 Å². The van der Waals surface area contributed by atoms with E-state index < -0.39 is 0 Å². The van der Waals surface area contributed by atoms with Crippen LogP contribution in [-0.4, -0.2) is 49.7 Å². The monoisotopic (exact) mass is 393 g/mol. The van der Waals surface area contributed by atoms with Crippen molar-refractivity contribution in [2.24, 2.45) is 7.05 Å². The van der Waals surface area contributed by atoms with Crippen LogP contribution in [-0.2, 0) is 18.2 Å². The quantitative estimate of drug-likeness (QED) is 0.725. The summed E-state index contributed by atoms with van der Waals surface area (Å²) in [6.45, 7) is 5.60. The van der Waals surface area contributed by atoms with E-state index >= 15 is 0 Å². The number of likely N-dealkylation sites (tertiary alicyclic amines) is 1. The number of aromatic amines is 1. The molecule has 1 saturated heterocycles. The summed E-state index contributed by atoms with van der Waals surface area (Å²) in [7, 11) is 1.91. The molecule has 0 bridgehead atoms. The highest BCUT2D eigenvalue weighted by Crippen LogP contribution is 2.35. The first-order valence-electron chi connectivity index (χ1n) is 10.5. The molecule has 1 N–H and O–H groups in total. The summed E-state index contributed by atoms with van der Waals surface area (Å²) in [4.78, 5) is 22.9. The number of carbonyl (C=O) groups excluding carboxylic acids is 1. The van der Waals surface area contributed by atoms with E-state index in [1.807, 2.05) is 35.8 Å². The van der Waals surface area contributed by atoms with E-state index in [4.69, 9.17) is 4.74 Å². The van der Waals surface area contributed by atoms with Crippen LogP contribution in [0.4, 0.5) is 0 Å². The van der Waals surface area contributed by atoms with Gasteiger partial charge in [0.2, 0.25) is 0 Å². The number of H-pyrrole nitrogens is 1. The van der Waals surface area contributed by atoms with Crippen molar-refractivity contribution in [2.45, 2.75) is 51.2 Å². The Morgan fingerprint density at radius 1 is 1.28 bits per heavy atom. The number of hydrogen-bond acceptors (Lipinski definition) is 4. The van der Waals surface area contributed by atoms with Gasteiger partial charge in [-0.2, -0.15) is 5.10 Å². The molecule has 0 saturated carbocycles. The molecule has 0 spiro atoms. The first-order chi connectivity index (χ1) is 14.0. The maximum Gasteiger partial charge on any atom is 0.274 e. The minimum absolute atomic E-state index is 0.0333. The predicted molar refractivity (Wildman–Crippen MR) is 110 cm³/mol. The number of aryl methyl sites for hydroxylation is 1. The number of nitrogens with one attached hydrogen (secondary N) is 1. The van der Waals surface area contributed by atoms with Gasteiger partial charge in [-0.25, -0.2) is 4.98 Å². The lowest BCUT2D eigenvalue weighted by atomic mass is 9.89. The van der Waals surface area contributed by atoms with Gasteiger partial charge in [0.25, 0.3) is 5.91 Å². The van der Waals surface area contributed by atoms with Crippen molar-refractivity contribution in [1.82, 2.24) is 24.6 Å². The summed E-state index contributed by atoms with van der Waals surface area (Å²) < 4.78 is 7.75. The Morgan fingerprint density at radius 2 is 2.07 bits per heavy atom. The number of fused-ring (bicyclic) bond motifs is 2. The van der Waals surface area contributed by atoms with Crippen molar-refractivity contribution in [1.29, 1.82) is 0 Å². The van der Waals surface area contributed by atoms with E-state index in [9.17, 15) is 4.79 Å². The number of piperidine rings is 1. The lowest BCUT2D eigenvalue weighted by molar-refractivity contribution is -0.00907. The number of nitrogens with zero attached hydrogens (tertiary/aromatic N) is 4. The SMILES string of the molecule is C[C@@H]1Cc2c(C(=O)N3CCC(c4c[nH]c5ncccc45)CC3)nn(C)c2[C@H](C)O1. The maximum absolute atomic E-state index is 13.3. The second-order valence-electron chi connectivity index (χ2n) is 8.34. The normalized spacial score (nSPS) is 22.8. The molecule has 0 aliphatic carbocycles. The Bertz CT molecular complexity index is 1060. The van der Waals surface area contributed by atoms with Crippen molar-refractivity contribution >= 4 is 16.9 Å². The number of hydrogen-bond donors (Lipinski definition) is 1. The predicted octanol–water partition coefficient (Wildman–Crippen LogP) is 3.34. The molecule has 1 fully saturated rings. The van der Waals surface area contributed by atoms with Crippen LogP contribution in [0.15, 0.2) is 24.5 Å². The average Bonchev–Trinajstić information content (AvgIpc) is 3.29. The molecule has 3 aromatic heterocycles. The van der Waals surface area contributed by atoms with Crippen LogP contribution >= 0.6 is 0 Å². The first-order valence-corrected chi connectivity index (χ1v) is 10.5. The van der Waals surface area contributed by atoms with Gasteiger partial charge >= 0.3 is 0 Å². The van der Waals surface area contributed by atoms with E-state index in [1.165, 1.54) is 10.9 Å². The molecule has 5 rings (SSSR count). The maximum atomic E-state index is 13.3. The molecular weight excluding hydrogens is 366 g/mol. The largest absolute Gasteiger partial charge is 0.369 e. The van der Waals surface area contributed by atoms with E-state index in [-0.39, 0.29) is 18.1 Å². The Hall–Kier alpha value is -2.67. The summed E-state index contributed by atoms with van der Waals surface area (Å²) >= 11 is 0. The zero-order chi connectivity index (χ0) is 20.1. The van der Waals surface area contributed by atoms with Crippen molar-refractivity contribution in [3.05, 3.63) is 47.0 Å². The van der Waals surface area contributed by atoms with E-state index in [2.05, 4.69) is 34.3 Å². The Labute approximate surface area is 170 Å². The number of pyridine rings is 1. The summed E-state index contributed by atoms with van der Waals surface area (Å²) in [5, 5.41) is 5.79. The molecule has 0 aromatic carbocycles. The molecule has 3 aromatic rings. The molecule has 7 nitrogen and oxygen atoms in total. The van der Waals surface area contributed by atoms with Gasteiger partial charge in [0.1, 0.15) is 5.65 Å². The van der Waals surface area contributed by atoms with Crippen LogP contribution in [0.3, 0.4) is 0 Å². The van der Waals surface area contributed by atoms with Gasteiger partial charge in [0, 0.05) is 49.9 Å². The average molecular weight is 393 g/mol. The fraction of sp³-hybridized carbons (Fsp3) is 0.500. The molecule has 2 atom stereocenters. The molecule has 5 heterocycles. The van der Waals surface area contributed by atoms with Gasteiger partial charge in [-0.3, -0.25) is 9.48 Å². The number of rotatable bonds is 2. The Kier molecular flexibility index (Phi) is 4.42. The molecule has 2 aliphatic heterocycles. The highest BCUT2D eigenvalue weighted by atomic mass is 16.5. The van der Waals surface area contributed by atoms with Crippen LogP contribution in [0.1, 0.15) is 66.0 Å². The second-order valence-corrected chi connectivity index (χ2v) is 8.34. The lowest BCUT2D eigenvalue weighted by Gasteiger charge is -2.32. The molecule has 0 radical (unpaired) electrons. The second kappa shape index (κ2) is 6.99. The zero-order valence-electron chi connectivity index (χ0n) is 17.2. The standard InChI is InChI=1S/C22H27N5O2/c1-13-11-17-19(25-26(3)20(17)14(2)29-13)22(28)27-9-6-15(7-10-27)18-12-24-21-16(18)5-4-8-23-21/h4-5,8,12-15H,6-7,9-11H2,1-3H3,(H,23,24)/t13-,14+/m1/s1. The Balaban J connectivity index is 1.34. The summed E-state index contributed by atoms with van der Waals surface area (Å²) in [6.07, 6.45) is 6.62. The molecular formula is C22H27N5O2. The molecule has 29 heavy (non-hydrogen) atoms. The molecule has 7 heteroatoms. The fourth-order valence-corrected chi connectivity index (χ4v) is 5.07. The van der Waals surface area contributed by atoms with E-state index in [0.29, 0.717) is 11.6 Å². The first kappa shape index (κ1) is 18.4. The lowest BCUT2D eigenvalue weighted by Crippen LogP contribution is -2.38. The smallest absolute Gasteiger partial charge is 0.274 e. The molecule has 1 amide bonds. The van der Waals surface area contributed by atoms with Gasteiger partial charge in [0.05, 0.1) is 17.9 Å². The summed E-state index contributed by atoms with van der Waals surface area (Å²) in [6, 6.07) is 4.10. The third-order valence-corrected chi connectivity index (χ3v) is 6.41. The zero-order valence-corrected chi connectivity index (χ0v) is 17.2. The third kappa shape index (κ3) is 3.04. The molecule has 2 aliphatic rings. The van der Waals surface area contributed by atoms with Crippen molar-refractivity contribution < 1.29 is 9.53 Å². The fourth-order valence-electron chi connectivity index (χ4n) is 5.07. The van der Waals surface area contributed by atoms with Crippen LogP contribution in [0.5, 0.6) is 0 Å². The van der Waals surface area contributed by atoms with Crippen LogP contribution in [0, 0.1) is 0 Å². The van der Waals surface area contributed by atoms with Crippen molar-refractivity contribution in [2.75, 3.05) is 13.1 Å². The number of aromatic nitrogens is 4. The van der Waals surface area contributed by atoms with Gasteiger partial charge in [-0.1, -0.05) is 0 Å². The van der Waals surface area contributed by atoms with Crippen molar-refractivity contribution in [3.63, 3.8) is 0 Å². The topological polar surface area (TPSA) is 76.0 Å². The number of carbonyl (C=O) groups is 1. The summed E-state index contributed by atoms with van der Waals surface area (Å²) in [5.74, 6) is 0.505. The van der Waals surface area contributed by atoms with Crippen molar-refractivity contribution in [3.8, 4) is 0 Å². The summed E-state index contributed by atoms with van der Waals surface area (Å²) in [5.41, 5.74) is 4.96. The van der Waals surface area contributed by atoms with Gasteiger partial charge < -0.3 is 14.6 Å². The van der Waals surface area contributed by atoms with E-state index in [0.717, 1.165) is 49.3 Å². The minimum atomic E-state index is -0.0333. The highest BCUT2D eigenvalue weighted by molar-refractivity contribution is 5.94. The van der Waals surface area contributed by atoms with Crippen LogP contribution < -0.4 is 0 Å². The van der Waals surface area contributed by atoms with Crippen LogP contribution in [0.2, 0.25) is 0 Å². The molecule has 0 unspecified atom stereocenters. The number of amides is 1. The Morgan fingerprint density at radius 3 is 2.86 bits per heavy atom. The van der Waals surface area contributed by atoms with E-state index in [1.54, 1.807) is 0 Å².